The maximum absolute atomic E-state index is 11.8. The topological polar surface area (TPSA) is 96.4 Å². The minimum Gasteiger partial charge on any atom is -0.427 e. The molecule has 0 aromatic heterocycles. The zero-order chi connectivity index (χ0) is 16.0. The van der Waals surface area contributed by atoms with Gasteiger partial charge >= 0.3 is 6.16 Å². The standard InChI is InChI=1S/C13H20N2O6/c1-12(2)7-8(13(3,4)15(12)19)20-11(18)21-14-9(16)5-6-10(14)17/h8,19H,5-7H2,1-4H3. The lowest BCUT2D eigenvalue weighted by atomic mass is 9.97. The molecule has 118 valence electrons. The third-order valence-corrected chi connectivity index (χ3v) is 4.00. The maximum atomic E-state index is 11.8. The van der Waals surface area contributed by atoms with Crippen LogP contribution in [0.2, 0.25) is 0 Å². The summed E-state index contributed by atoms with van der Waals surface area (Å²) in [5.74, 6) is -1.13. The van der Waals surface area contributed by atoms with Crippen molar-refractivity contribution in [3.63, 3.8) is 0 Å². The van der Waals surface area contributed by atoms with Crippen molar-refractivity contribution < 1.29 is 29.2 Å². The van der Waals surface area contributed by atoms with Gasteiger partial charge in [-0.05, 0) is 27.7 Å². The Morgan fingerprint density at radius 3 is 2.14 bits per heavy atom. The molecule has 1 unspecified atom stereocenters. The van der Waals surface area contributed by atoms with Crippen LogP contribution in [0.4, 0.5) is 4.79 Å². The van der Waals surface area contributed by atoms with Crippen LogP contribution in [0.5, 0.6) is 0 Å². The minimum atomic E-state index is -1.12. The van der Waals surface area contributed by atoms with Gasteiger partial charge in [-0.25, -0.2) is 4.79 Å². The van der Waals surface area contributed by atoms with E-state index in [1.165, 1.54) is 0 Å². The lowest BCUT2D eigenvalue weighted by molar-refractivity contribution is -0.205. The van der Waals surface area contributed by atoms with Gasteiger partial charge in [-0.1, -0.05) is 5.06 Å². The molecule has 0 aromatic carbocycles. The maximum Gasteiger partial charge on any atom is 0.534 e. The summed E-state index contributed by atoms with van der Waals surface area (Å²) in [4.78, 5) is 39.2. The highest BCUT2D eigenvalue weighted by atomic mass is 16.8. The predicted molar refractivity (Wildman–Crippen MR) is 68.8 cm³/mol. The average molecular weight is 300 g/mol. The highest BCUT2D eigenvalue weighted by Gasteiger charge is 2.54. The molecule has 2 heterocycles. The van der Waals surface area contributed by atoms with E-state index >= 15 is 0 Å². The molecule has 2 rings (SSSR count). The molecule has 2 fully saturated rings. The summed E-state index contributed by atoms with van der Waals surface area (Å²) in [6.45, 7) is 7.09. The largest absolute Gasteiger partial charge is 0.534 e. The Kier molecular flexibility index (Phi) is 3.71. The minimum absolute atomic E-state index is 0.0263. The lowest BCUT2D eigenvalue weighted by Crippen LogP contribution is -2.49. The lowest BCUT2D eigenvalue weighted by Gasteiger charge is -2.35. The van der Waals surface area contributed by atoms with Gasteiger partial charge in [0, 0.05) is 24.8 Å². The van der Waals surface area contributed by atoms with Crippen molar-refractivity contribution >= 4 is 18.0 Å². The number of imide groups is 1. The molecular weight excluding hydrogens is 280 g/mol. The van der Waals surface area contributed by atoms with E-state index in [2.05, 4.69) is 4.84 Å². The average Bonchev–Trinajstić information content (AvgIpc) is 2.74. The third-order valence-electron chi connectivity index (χ3n) is 4.00. The van der Waals surface area contributed by atoms with Crippen LogP contribution >= 0.6 is 0 Å². The van der Waals surface area contributed by atoms with Gasteiger partial charge in [-0.15, -0.1) is 0 Å². The summed E-state index contributed by atoms with van der Waals surface area (Å²) in [5.41, 5.74) is -1.37. The van der Waals surface area contributed by atoms with E-state index in [0.29, 0.717) is 11.5 Å². The summed E-state index contributed by atoms with van der Waals surface area (Å²) in [7, 11) is 0. The van der Waals surface area contributed by atoms with Crippen molar-refractivity contribution in [1.29, 1.82) is 0 Å². The fraction of sp³-hybridized carbons (Fsp3) is 0.769. The van der Waals surface area contributed by atoms with Crippen LogP contribution < -0.4 is 0 Å². The Labute approximate surface area is 122 Å². The number of amides is 2. The zero-order valence-corrected chi connectivity index (χ0v) is 12.6. The summed E-state index contributed by atoms with van der Waals surface area (Å²) >= 11 is 0. The summed E-state index contributed by atoms with van der Waals surface area (Å²) in [5, 5.41) is 11.7. The van der Waals surface area contributed by atoms with E-state index in [9.17, 15) is 19.6 Å². The molecule has 8 nitrogen and oxygen atoms in total. The second-order valence-electron chi connectivity index (χ2n) is 6.51. The van der Waals surface area contributed by atoms with Gasteiger partial charge in [0.1, 0.15) is 6.10 Å². The van der Waals surface area contributed by atoms with Crippen LogP contribution in [0.3, 0.4) is 0 Å². The molecule has 0 saturated carbocycles. The molecule has 0 bridgehead atoms. The van der Waals surface area contributed by atoms with Crippen LogP contribution in [0.1, 0.15) is 47.0 Å². The van der Waals surface area contributed by atoms with Gasteiger partial charge in [0.15, 0.2) is 0 Å². The first-order valence-electron chi connectivity index (χ1n) is 6.79. The molecule has 0 aromatic rings. The molecule has 2 saturated heterocycles. The number of ether oxygens (including phenoxy) is 1. The molecule has 2 aliphatic heterocycles. The molecule has 1 atom stereocenters. The van der Waals surface area contributed by atoms with Gasteiger partial charge in [0.2, 0.25) is 0 Å². The molecule has 0 aliphatic carbocycles. The third kappa shape index (κ3) is 2.73. The van der Waals surface area contributed by atoms with E-state index in [0.717, 1.165) is 5.06 Å². The molecular formula is C13H20N2O6. The Bertz CT molecular complexity index is 471. The fourth-order valence-corrected chi connectivity index (χ4v) is 2.76. The Morgan fingerprint density at radius 1 is 1.19 bits per heavy atom. The van der Waals surface area contributed by atoms with Gasteiger partial charge in [0.05, 0.1) is 5.54 Å². The predicted octanol–water partition coefficient (Wildman–Crippen LogP) is 1.22. The number of rotatable bonds is 2. The SMILES string of the molecule is CC1(C)CC(OC(=O)ON2C(=O)CCC2=O)C(C)(C)N1O. The highest BCUT2D eigenvalue weighted by molar-refractivity contribution is 6.01. The monoisotopic (exact) mass is 300 g/mol. The fourth-order valence-electron chi connectivity index (χ4n) is 2.76. The number of carbonyl (C=O) groups is 3. The first kappa shape index (κ1) is 15.7. The molecule has 2 amide bonds. The van der Waals surface area contributed by atoms with E-state index in [4.69, 9.17) is 4.74 Å². The second-order valence-corrected chi connectivity index (χ2v) is 6.51. The van der Waals surface area contributed by atoms with Crippen molar-refractivity contribution in [2.75, 3.05) is 0 Å². The number of hydrogen-bond donors (Lipinski definition) is 1. The van der Waals surface area contributed by atoms with Gasteiger partial charge in [-0.3, -0.25) is 14.4 Å². The smallest absolute Gasteiger partial charge is 0.427 e. The number of hydroxylamine groups is 4. The van der Waals surface area contributed by atoms with Crippen LogP contribution in [-0.2, 0) is 19.2 Å². The van der Waals surface area contributed by atoms with Gasteiger partial charge in [-0.2, -0.15) is 5.06 Å². The van der Waals surface area contributed by atoms with Crippen LogP contribution in [0, 0.1) is 0 Å². The Hall–Kier alpha value is -1.67. The molecule has 0 spiro atoms. The Balaban J connectivity index is 2.00. The molecule has 8 heteroatoms. The summed E-state index contributed by atoms with van der Waals surface area (Å²) < 4.78 is 5.18. The zero-order valence-electron chi connectivity index (χ0n) is 12.6. The Morgan fingerprint density at radius 2 is 1.71 bits per heavy atom. The number of nitrogens with zero attached hydrogens (tertiary/aromatic N) is 2. The van der Waals surface area contributed by atoms with E-state index in [1.807, 2.05) is 13.8 Å². The summed E-state index contributed by atoms with van der Waals surface area (Å²) in [6, 6.07) is 0. The van der Waals surface area contributed by atoms with Crippen molar-refractivity contribution in [1.82, 2.24) is 10.1 Å². The van der Waals surface area contributed by atoms with Gasteiger partial charge < -0.3 is 9.94 Å². The van der Waals surface area contributed by atoms with Crippen molar-refractivity contribution in [3.05, 3.63) is 0 Å². The van der Waals surface area contributed by atoms with Crippen LogP contribution in [0.15, 0.2) is 0 Å². The van der Waals surface area contributed by atoms with Crippen molar-refractivity contribution in [2.45, 2.75) is 64.1 Å². The number of carbonyl (C=O) groups excluding carboxylic acids is 3. The van der Waals surface area contributed by atoms with E-state index < -0.39 is 35.2 Å². The van der Waals surface area contributed by atoms with Crippen LogP contribution in [-0.4, -0.2) is 50.5 Å². The van der Waals surface area contributed by atoms with E-state index in [-0.39, 0.29) is 12.8 Å². The van der Waals surface area contributed by atoms with Crippen molar-refractivity contribution in [2.24, 2.45) is 0 Å². The first-order chi connectivity index (χ1) is 9.55. The molecule has 0 radical (unpaired) electrons. The van der Waals surface area contributed by atoms with Crippen molar-refractivity contribution in [3.8, 4) is 0 Å². The second kappa shape index (κ2) is 4.96. The normalized spacial score (nSPS) is 28.0. The quantitative estimate of drug-likeness (QED) is 0.605. The summed E-state index contributed by atoms with van der Waals surface area (Å²) in [6.07, 6.45) is -1.30. The number of hydrogen-bond acceptors (Lipinski definition) is 7. The van der Waals surface area contributed by atoms with E-state index in [1.54, 1.807) is 13.8 Å². The van der Waals surface area contributed by atoms with Crippen LogP contribution in [0.25, 0.3) is 0 Å². The molecule has 1 N–H and O–H groups in total. The molecule has 21 heavy (non-hydrogen) atoms. The highest BCUT2D eigenvalue weighted by Crippen LogP contribution is 2.40. The van der Waals surface area contributed by atoms with Gasteiger partial charge in [0.25, 0.3) is 11.8 Å². The first-order valence-corrected chi connectivity index (χ1v) is 6.79. The molecule has 2 aliphatic rings.